The highest BCUT2D eigenvalue weighted by atomic mass is 32.1. The highest BCUT2D eigenvalue weighted by Gasteiger charge is 2.57. The smallest absolute Gasteiger partial charge is 0.323 e. The molecule has 2 aliphatic heterocycles. The van der Waals surface area contributed by atoms with E-state index in [9.17, 15) is 4.79 Å². The van der Waals surface area contributed by atoms with Crippen molar-refractivity contribution in [1.29, 1.82) is 0 Å². The fourth-order valence-electron chi connectivity index (χ4n) is 2.76. The molecule has 0 fully saturated rings. The van der Waals surface area contributed by atoms with Gasteiger partial charge in [0.05, 0.1) is 12.7 Å². The average molecular weight is 278 g/mol. The number of aromatic hydroxyl groups is 1. The van der Waals surface area contributed by atoms with Crippen molar-refractivity contribution >= 4 is 23.8 Å². The summed E-state index contributed by atoms with van der Waals surface area (Å²) in [6, 6.07) is 7.33. The molecule has 0 saturated carbocycles. The molecule has 2 N–H and O–H groups in total. The molecule has 5 nitrogen and oxygen atoms in total. The van der Waals surface area contributed by atoms with Gasteiger partial charge in [-0.15, -0.1) is 0 Å². The standard InChI is InChI=1S/C13H14N2O3S/c1-13-9(11(16)17-2)10(14-12(19)15-13)7-5-3-4-6-8(7)18-13/h3-6,9-10H,1-2H3,(H2,14,15,19)/t9-,10+,13-/m1/s1. The Balaban J connectivity index is 2.18. The number of hydrogen-bond donors (Lipinski definition) is 1. The Morgan fingerprint density at radius 1 is 1.53 bits per heavy atom. The minimum absolute atomic E-state index is 0.329. The van der Waals surface area contributed by atoms with Gasteiger partial charge in [-0.1, -0.05) is 12.1 Å². The number of esters is 1. The minimum Gasteiger partial charge on any atom is -0.743 e. The Morgan fingerprint density at radius 3 is 3.00 bits per heavy atom. The summed E-state index contributed by atoms with van der Waals surface area (Å²) in [4.78, 5) is 16.5. The number of carbonyl (C=O) groups is 1. The quantitative estimate of drug-likeness (QED) is 0.473. The molecular formula is C13H14N2O3S. The highest BCUT2D eigenvalue weighted by molar-refractivity contribution is 7.77. The van der Waals surface area contributed by atoms with Gasteiger partial charge < -0.3 is 27.4 Å². The molecule has 0 aromatic heterocycles. The lowest BCUT2D eigenvalue weighted by molar-refractivity contribution is -0.192. The van der Waals surface area contributed by atoms with Crippen LogP contribution in [0.1, 0.15) is 18.5 Å². The molecule has 2 heterocycles. The van der Waals surface area contributed by atoms with Gasteiger partial charge in [-0.05, 0) is 11.2 Å². The molecule has 0 amide bonds. The molecular weight excluding hydrogens is 264 g/mol. The number of nitrogens with one attached hydrogen (secondary N) is 1. The number of nitrogens with zero attached hydrogens (tertiary/aromatic N) is 1. The predicted octanol–water partition coefficient (Wildman–Crippen LogP) is 0.994. The Bertz CT molecular complexity index is 575. The van der Waals surface area contributed by atoms with Crippen LogP contribution in [0.4, 0.5) is 0 Å². The molecule has 1 aromatic carbocycles. The summed E-state index contributed by atoms with van der Waals surface area (Å²) in [7, 11) is 1.38. The molecule has 3 atom stereocenters. The zero-order valence-corrected chi connectivity index (χ0v) is 11.4. The second-order valence-corrected chi connectivity index (χ2v) is 5.21. The Hall–Kier alpha value is -1.82. The van der Waals surface area contributed by atoms with Crippen LogP contribution in [-0.2, 0) is 22.2 Å². The third-order valence-electron chi connectivity index (χ3n) is 3.60. The number of ether oxygens (including phenoxy) is 2. The zero-order valence-electron chi connectivity index (χ0n) is 10.6. The summed E-state index contributed by atoms with van der Waals surface area (Å²) < 4.78 is 9.54. The molecule has 100 valence electrons. The summed E-state index contributed by atoms with van der Waals surface area (Å²) >= 11 is 5.15. The van der Waals surface area contributed by atoms with Crippen molar-refractivity contribution in [2.24, 2.45) is 10.9 Å². The molecule has 0 unspecified atom stereocenters. The number of rotatable bonds is 1. The van der Waals surface area contributed by atoms with E-state index >= 15 is 0 Å². The van der Waals surface area contributed by atoms with E-state index in [1.807, 2.05) is 31.2 Å². The lowest BCUT2D eigenvalue weighted by atomic mass is 9.81. The summed E-state index contributed by atoms with van der Waals surface area (Å²) in [6.45, 7) is 1.85. The maximum atomic E-state index is 12.1. The van der Waals surface area contributed by atoms with Gasteiger partial charge >= 0.3 is 5.97 Å². The van der Waals surface area contributed by atoms with Crippen LogP contribution in [0.3, 0.4) is 0 Å². The van der Waals surface area contributed by atoms with Gasteiger partial charge in [0.15, 0.2) is 5.92 Å². The van der Waals surface area contributed by atoms with Crippen LogP contribution in [-0.4, -0.2) is 28.7 Å². The van der Waals surface area contributed by atoms with Gasteiger partial charge in [0.25, 0.3) is 11.5 Å². The van der Waals surface area contributed by atoms with Gasteiger partial charge in [-0.25, -0.2) is 0 Å². The van der Waals surface area contributed by atoms with Gasteiger partial charge in [-0.3, -0.25) is 9.79 Å². The summed E-state index contributed by atoms with van der Waals surface area (Å²) in [6.07, 6.45) is 0. The van der Waals surface area contributed by atoms with Crippen LogP contribution >= 0.6 is 0 Å². The van der Waals surface area contributed by atoms with E-state index in [0.29, 0.717) is 5.17 Å². The molecule has 2 aliphatic rings. The molecule has 3 rings (SSSR count). The highest BCUT2D eigenvalue weighted by Crippen LogP contribution is 2.47. The van der Waals surface area contributed by atoms with E-state index in [0.717, 1.165) is 11.3 Å². The second kappa shape index (κ2) is 4.09. The molecule has 6 heteroatoms. The average Bonchev–Trinajstić information content (AvgIpc) is 2.36. The summed E-state index contributed by atoms with van der Waals surface area (Å²) in [5.74, 6) is 0.0116. The lowest BCUT2D eigenvalue weighted by Crippen LogP contribution is -2.62. The Labute approximate surface area is 116 Å². The predicted molar refractivity (Wildman–Crippen MR) is 72.7 cm³/mol. The summed E-state index contributed by atoms with van der Waals surface area (Å²) in [5, 5.41) is 3.41. The zero-order chi connectivity index (χ0) is 13.6. The van der Waals surface area contributed by atoms with Crippen molar-refractivity contribution in [2.45, 2.75) is 18.7 Å². The van der Waals surface area contributed by atoms with Gasteiger partial charge in [0.1, 0.15) is 6.04 Å². The van der Waals surface area contributed by atoms with Gasteiger partial charge in [0.2, 0.25) is 0 Å². The number of hydrogen-bond acceptors (Lipinski definition) is 5. The second-order valence-electron chi connectivity index (χ2n) is 4.82. The fourth-order valence-corrected chi connectivity index (χ4v) is 3.08. The molecule has 0 saturated heterocycles. The van der Waals surface area contributed by atoms with E-state index in [-0.39, 0.29) is 12.0 Å². The number of para-hydroxylation sites is 1. The number of benzene rings is 1. The van der Waals surface area contributed by atoms with Gasteiger partial charge in [-0.2, -0.15) is 0 Å². The largest absolute Gasteiger partial charge is 0.743 e. The SMILES string of the molecule is COC(=O)[C@H]1[C@H]2N=C([S-])N[C@]1(C)[OH+]c1ccccc12. The topological polar surface area (TPSA) is 63.5 Å². The monoisotopic (exact) mass is 278 g/mol. The van der Waals surface area contributed by atoms with Crippen molar-refractivity contribution in [3.8, 4) is 5.75 Å². The van der Waals surface area contributed by atoms with Crippen molar-refractivity contribution in [2.75, 3.05) is 7.11 Å². The first kappa shape index (κ1) is 12.2. The maximum absolute atomic E-state index is 12.1. The molecule has 0 aliphatic carbocycles. The number of carbonyl (C=O) groups excluding carboxylic acids is 1. The maximum Gasteiger partial charge on any atom is 0.323 e. The van der Waals surface area contributed by atoms with E-state index in [2.05, 4.69) is 15.0 Å². The number of amidine groups is 1. The number of aliphatic imine (C=N–C) groups is 1. The molecule has 0 radical (unpaired) electrons. The normalized spacial score (nSPS) is 31.4. The third kappa shape index (κ3) is 1.74. The molecule has 1 aromatic rings. The first-order valence-electron chi connectivity index (χ1n) is 5.98. The van der Waals surface area contributed by atoms with Crippen molar-refractivity contribution in [3.05, 3.63) is 29.8 Å². The van der Waals surface area contributed by atoms with Crippen LogP contribution in [0.2, 0.25) is 0 Å². The summed E-state index contributed by atoms with van der Waals surface area (Å²) in [5.41, 5.74) is 0.115. The van der Waals surface area contributed by atoms with Crippen LogP contribution in [0, 0.1) is 5.92 Å². The Morgan fingerprint density at radius 2 is 2.26 bits per heavy atom. The van der Waals surface area contributed by atoms with Gasteiger partial charge in [0, 0.05) is 13.0 Å². The van der Waals surface area contributed by atoms with E-state index in [1.165, 1.54) is 7.11 Å². The number of aliphatic hydroxyl groups is 1. The molecule has 2 bridgehead atoms. The molecule has 19 heavy (non-hydrogen) atoms. The molecule has 0 spiro atoms. The van der Waals surface area contributed by atoms with E-state index in [4.69, 9.17) is 17.4 Å². The first-order valence-corrected chi connectivity index (χ1v) is 6.38. The van der Waals surface area contributed by atoms with E-state index < -0.39 is 11.6 Å². The van der Waals surface area contributed by atoms with E-state index in [1.54, 1.807) is 0 Å². The van der Waals surface area contributed by atoms with Crippen LogP contribution in [0.5, 0.6) is 5.75 Å². The fraction of sp³-hybridized carbons (Fsp3) is 0.385. The van der Waals surface area contributed by atoms with Crippen LogP contribution in [0.15, 0.2) is 29.3 Å². The van der Waals surface area contributed by atoms with Crippen molar-refractivity contribution in [1.82, 2.24) is 5.32 Å². The number of fused-ring (bicyclic) bond motifs is 4. The van der Waals surface area contributed by atoms with Crippen LogP contribution in [0.25, 0.3) is 0 Å². The van der Waals surface area contributed by atoms with Crippen molar-refractivity contribution < 1.29 is 14.3 Å². The van der Waals surface area contributed by atoms with Crippen molar-refractivity contribution in [3.63, 3.8) is 0 Å². The third-order valence-corrected chi connectivity index (χ3v) is 3.81. The lowest BCUT2D eigenvalue weighted by Gasteiger charge is -2.46. The van der Waals surface area contributed by atoms with Crippen LogP contribution < -0.4 is 5.32 Å². The minimum atomic E-state index is -0.801. The Kier molecular flexibility index (Phi) is 2.63. The number of methoxy groups -OCH3 is 1. The first-order chi connectivity index (χ1) is 9.05.